The summed E-state index contributed by atoms with van der Waals surface area (Å²) in [7, 11) is 0. The summed E-state index contributed by atoms with van der Waals surface area (Å²) in [6, 6.07) is 7.16. The molecule has 17 heavy (non-hydrogen) atoms. The molecule has 1 aliphatic heterocycles. The Morgan fingerprint density at radius 1 is 1.47 bits per heavy atom. The highest BCUT2D eigenvalue weighted by molar-refractivity contribution is 5.98. The van der Waals surface area contributed by atoms with Crippen molar-refractivity contribution in [1.29, 1.82) is 0 Å². The van der Waals surface area contributed by atoms with Crippen molar-refractivity contribution in [3.05, 3.63) is 36.4 Å². The third-order valence-electron chi connectivity index (χ3n) is 2.36. The number of nitrogens with zero attached hydrogens (tertiary/aromatic N) is 1. The van der Waals surface area contributed by atoms with Crippen molar-refractivity contribution < 1.29 is 19.4 Å². The fraction of sp³-hybridized carbons (Fsp3) is 0.167. The van der Waals surface area contributed by atoms with Crippen LogP contribution < -0.4 is 9.64 Å². The topological polar surface area (TPSA) is 66.8 Å². The molecule has 0 saturated heterocycles. The number of hydrogen-bond donors (Lipinski definition) is 1. The van der Waals surface area contributed by atoms with Gasteiger partial charge in [0.05, 0.1) is 5.69 Å². The van der Waals surface area contributed by atoms with Crippen molar-refractivity contribution in [3.8, 4) is 5.75 Å². The summed E-state index contributed by atoms with van der Waals surface area (Å²) in [5, 5.41) is 8.49. The molecule has 1 aromatic rings. The van der Waals surface area contributed by atoms with Gasteiger partial charge in [0.1, 0.15) is 5.75 Å². The molecule has 88 valence electrons. The molecular formula is C12H11NO4. The summed E-state index contributed by atoms with van der Waals surface area (Å²) in [5.74, 6) is -0.575. The van der Waals surface area contributed by atoms with Gasteiger partial charge in [0, 0.05) is 12.6 Å². The summed E-state index contributed by atoms with van der Waals surface area (Å²) in [4.78, 5) is 23.5. The highest BCUT2D eigenvalue weighted by atomic mass is 16.5. The SMILES string of the molecule is O=C(O)/C=C/CN1C(=O)COc2ccccc21. The van der Waals surface area contributed by atoms with E-state index in [2.05, 4.69) is 0 Å². The van der Waals surface area contributed by atoms with Gasteiger partial charge in [-0.1, -0.05) is 18.2 Å². The molecule has 0 aromatic heterocycles. The first-order valence-corrected chi connectivity index (χ1v) is 5.10. The van der Waals surface area contributed by atoms with E-state index < -0.39 is 5.97 Å². The fourth-order valence-electron chi connectivity index (χ4n) is 1.61. The Kier molecular flexibility index (Phi) is 3.09. The van der Waals surface area contributed by atoms with Crippen LogP contribution in [0.25, 0.3) is 0 Å². The van der Waals surface area contributed by atoms with Crippen molar-refractivity contribution in [3.63, 3.8) is 0 Å². The van der Waals surface area contributed by atoms with E-state index in [1.807, 2.05) is 6.07 Å². The number of hydrogen-bond acceptors (Lipinski definition) is 3. The number of anilines is 1. The Morgan fingerprint density at radius 3 is 3.00 bits per heavy atom. The normalized spacial score (nSPS) is 14.6. The number of rotatable bonds is 3. The lowest BCUT2D eigenvalue weighted by Gasteiger charge is -2.28. The van der Waals surface area contributed by atoms with Crippen LogP contribution in [-0.4, -0.2) is 30.1 Å². The zero-order valence-electron chi connectivity index (χ0n) is 9.00. The first-order valence-electron chi connectivity index (χ1n) is 5.10. The maximum absolute atomic E-state index is 11.7. The van der Waals surface area contributed by atoms with Gasteiger partial charge in [0.25, 0.3) is 5.91 Å². The number of fused-ring (bicyclic) bond motifs is 1. The molecule has 0 spiro atoms. The van der Waals surface area contributed by atoms with Crippen LogP contribution in [0, 0.1) is 0 Å². The molecule has 0 bridgehead atoms. The van der Waals surface area contributed by atoms with Crippen LogP contribution in [0.1, 0.15) is 0 Å². The molecule has 1 amide bonds. The molecule has 5 nitrogen and oxygen atoms in total. The smallest absolute Gasteiger partial charge is 0.328 e. The van der Waals surface area contributed by atoms with E-state index in [1.165, 1.54) is 11.0 Å². The summed E-state index contributed by atoms with van der Waals surface area (Å²) < 4.78 is 5.26. The minimum absolute atomic E-state index is 0.0159. The number of ether oxygens (including phenoxy) is 1. The van der Waals surface area contributed by atoms with Gasteiger partial charge in [0.15, 0.2) is 6.61 Å². The zero-order valence-corrected chi connectivity index (χ0v) is 9.00. The van der Waals surface area contributed by atoms with Crippen LogP contribution >= 0.6 is 0 Å². The fourth-order valence-corrected chi connectivity index (χ4v) is 1.61. The number of carbonyl (C=O) groups is 2. The first kappa shape index (κ1) is 11.2. The largest absolute Gasteiger partial charge is 0.482 e. The maximum atomic E-state index is 11.7. The zero-order chi connectivity index (χ0) is 12.3. The number of carboxylic acid groups (broad SMARTS) is 1. The van der Waals surface area contributed by atoms with Crippen molar-refractivity contribution in [1.82, 2.24) is 0 Å². The van der Waals surface area contributed by atoms with Crippen LogP contribution in [0.3, 0.4) is 0 Å². The van der Waals surface area contributed by atoms with Crippen LogP contribution in [0.2, 0.25) is 0 Å². The molecule has 0 fully saturated rings. The van der Waals surface area contributed by atoms with Crippen LogP contribution in [0.15, 0.2) is 36.4 Å². The predicted octanol–water partition coefficient (Wildman–Crippen LogP) is 1.05. The van der Waals surface area contributed by atoms with Crippen molar-refractivity contribution >= 4 is 17.6 Å². The summed E-state index contributed by atoms with van der Waals surface area (Å²) in [6.45, 7) is 0.212. The van der Waals surface area contributed by atoms with E-state index in [0.29, 0.717) is 11.4 Å². The summed E-state index contributed by atoms with van der Waals surface area (Å²) in [6.07, 6.45) is 2.45. The summed E-state index contributed by atoms with van der Waals surface area (Å²) >= 11 is 0. The Hall–Kier alpha value is -2.30. The highest BCUT2D eigenvalue weighted by Gasteiger charge is 2.23. The quantitative estimate of drug-likeness (QED) is 0.792. The number of benzene rings is 1. The van der Waals surface area contributed by atoms with Gasteiger partial charge < -0.3 is 14.7 Å². The third kappa shape index (κ3) is 2.44. The van der Waals surface area contributed by atoms with Gasteiger partial charge in [-0.05, 0) is 12.1 Å². The van der Waals surface area contributed by atoms with E-state index in [-0.39, 0.29) is 19.1 Å². The average Bonchev–Trinajstić information content (AvgIpc) is 2.32. The number of carbonyl (C=O) groups excluding carboxylic acids is 1. The average molecular weight is 233 g/mol. The number of carboxylic acids is 1. The molecule has 5 heteroatoms. The molecule has 0 saturated carbocycles. The van der Waals surface area contributed by atoms with Gasteiger partial charge in [0.2, 0.25) is 0 Å². The molecule has 0 unspecified atom stereocenters. The number of aliphatic carboxylic acids is 1. The molecule has 1 heterocycles. The van der Waals surface area contributed by atoms with Gasteiger partial charge in [-0.15, -0.1) is 0 Å². The van der Waals surface area contributed by atoms with Gasteiger partial charge in [-0.3, -0.25) is 4.79 Å². The summed E-state index contributed by atoms with van der Waals surface area (Å²) in [5.41, 5.74) is 0.666. The van der Waals surface area contributed by atoms with Crippen molar-refractivity contribution in [2.45, 2.75) is 0 Å². The number of amides is 1. The molecule has 2 rings (SSSR count). The first-order chi connectivity index (χ1) is 8.18. The molecular weight excluding hydrogens is 222 g/mol. The Balaban J connectivity index is 2.21. The van der Waals surface area contributed by atoms with E-state index in [4.69, 9.17) is 9.84 Å². The van der Waals surface area contributed by atoms with Gasteiger partial charge in [-0.25, -0.2) is 4.79 Å². The highest BCUT2D eigenvalue weighted by Crippen LogP contribution is 2.31. The van der Waals surface area contributed by atoms with Crippen molar-refractivity contribution in [2.24, 2.45) is 0 Å². The van der Waals surface area contributed by atoms with Crippen molar-refractivity contribution in [2.75, 3.05) is 18.1 Å². The molecule has 0 atom stereocenters. The van der Waals surface area contributed by atoms with Gasteiger partial charge in [-0.2, -0.15) is 0 Å². The minimum atomic E-state index is -1.03. The van der Waals surface area contributed by atoms with E-state index >= 15 is 0 Å². The molecule has 1 aliphatic rings. The Labute approximate surface area is 97.9 Å². The molecule has 0 aliphatic carbocycles. The second-order valence-electron chi connectivity index (χ2n) is 3.50. The molecule has 0 radical (unpaired) electrons. The van der Waals surface area contributed by atoms with Gasteiger partial charge >= 0.3 is 5.97 Å². The lowest BCUT2D eigenvalue weighted by Crippen LogP contribution is -2.38. The van der Waals surface area contributed by atoms with E-state index in [9.17, 15) is 9.59 Å². The second kappa shape index (κ2) is 4.69. The van der Waals surface area contributed by atoms with Crippen LogP contribution in [-0.2, 0) is 9.59 Å². The molecule has 1 aromatic carbocycles. The van der Waals surface area contributed by atoms with E-state index in [1.54, 1.807) is 18.2 Å². The monoisotopic (exact) mass is 233 g/mol. The Morgan fingerprint density at radius 2 is 2.24 bits per heavy atom. The molecule has 1 N–H and O–H groups in total. The predicted molar refractivity (Wildman–Crippen MR) is 61.1 cm³/mol. The maximum Gasteiger partial charge on any atom is 0.328 e. The number of para-hydroxylation sites is 2. The third-order valence-corrected chi connectivity index (χ3v) is 2.36. The second-order valence-corrected chi connectivity index (χ2v) is 3.50. The Bertz CT molecular complexity index is 481. The minimum Gasteiger partial charge on any atom is -0.482 e. The van der Waals surface area contributed by atoms with Crippen LogP contribution in [0.4, 0.5) is 5.69 Å². The standard InChI is InChI=1S/C12H11NO4/c14-11-8-17-10-5-2-1-4-9(10)13(11)7-3-6-12(15)16/h1-6H,7-8H2,(H,15,16)/b6-3+. The lowest BCUT2D eigenvalue weighted by molar-refractivity contribution is -0.131. The lowest BCUT2D eigenvalue weighted by atomic mass is 10.2. The van der Waals surface area contributed by atoms with E-state index in [0.717, 1.165) is 6.08 Å². The van der Waals surface area contributed by atoms with Crippen LogP contribution in [0.5, 0.6) is 5.75 Å².